The standard InChI is InChI=1S/C9H12/c1-2-6-8-4-5-3-7(5)9(6)8/h4,6-9H,2-3H2,1H3. The summed E-state index contributed by atoms with van der Waals surface area (Å²) >= 11 is 0. The molecule has 0 heteroatoms. The molecule has 0 bridgehead atoms. The first-order valence-electron chi connectivity index (χ1n) is 4.12. The lowest BCUT2D eigenvalue weighted by Crippen LogP contribution is -1.81. The molecule has 0 heterocycles. The molecule has 0 N–H and O–H groups in total. The van der Waals surface area contributed by atoms with Crippen LogP contribution in [-0.4, -0.2) is 0 Å². The summed E-state index contributed by atoms with van der Waals surface area (Å²) in [5.74, 6) is 4.41. The van der Waals surface area contributed by atoms with Gasteiger partial charge >= 0.3 is 0 Å². The van der Waals surface area contributed by atoms with Gasteiger partial charge in [0.1, 0.15) is 0 Å². The summed E-state index contributed by atoms with van der Waals surface area (Å²) in [6.07, 6.45) is 5.46. The Bertz CT molecular complexity index is 190. The largest absolute Gasteiger partial charge is 0.0813 e. The molecule has 0 aromatic rings. The fraction of sp³-hybridized carbons (Fsp3) is 0.778. The van der Waals surface area contributed by atoms with Gasteiger partial charge in [0.05, 0.1) is 0 Å². The van der Waals surface area contributed by atoms with Gasteiger partial charge < -0.3 is 0 Å². The lowest BCUT2D eigenvalue weighted by Gasteiger charge is -1.88. The zero-order chi connectivity index (χ0) is 6.01. The maximum Gasteiger partial charge on any atom is -0.0129 e. The lowest BCUT2D eigenvalue weighted by molar-refractivity contribution is 0.631. The molecular formula is C9H12. The van der Waals surface area contributed by atoms with E-state index in [0.717, 1.165) is 23.7 Å². The first-order valence-corrected chi connectivity index (χ1v) is 4.12. The zero-order valence-corrected chi connectivity index (χ0v) is 5.80. The van der Waals surface area contributed by atoms with Crippen LogP contribution in [0.4, 0.5) is 0 Å². The molecule has 0 spiro atoms. The second-order valence-electron chi connectivity index (χ2n) is 3.78. The van der Waals surface area contributed by atoms with Crippen molar-refractivity contribution in [2.45, 2.75) is 19.8 Å². The van der Waals surface area contributed by atoms with Gasteiger partial charge in [0.2, 0.25) is 0 Å². The van der Waals surface area contributed by atoms with Gasteiger partial charge in [0.15, 0.2) is 0 Å². The van der Waals surface area contributed by atoms with Gasteiger partial charge in [-0.1, -0.05) is 25.0 Å². The van der Waals surface area contributed by atoms with E-state index >= 15 is 0 Å². The highest BCUT2D eigenvalue weighted by atomic mass is 14.7. The van der Waals surface area contributed by atoms with Crippen LogP contribution in [0.1, 0.15) is 19.8 Å². The molecule has 0 aliphatic heterocycles. The molecule has 3 aliphatic carbocycles. The van der Waals surface area contributed by atoms with E-state index in [4.69, 9.17) is 0 Å². The second-order valence-corrected chi connectivity index (χ2v) is 3.78. The van der Waals surface area contributed by atoms with Crippen LogP contribution in [-0.2, 0) is 0 Å². The molecule has 2 saturated carbocycles. The van der Waals surface area contributed by atoms with E-state index in [0.29, 0.717) is 0 Å². The SMILES string of the molecule is CCC1C2C=C3CC3C21. The van der Waals surface area contributed by atoms with E-state index in [9.17, 15) is 0 Å². The van der Waals surface area contributed by atoms with Crippen LogP contribution in [0, 0.1) is 23.7 Å². The van der Waals surface area contributed by atoms with Gasteiger partial charge in [-0.3, -0.25) is 0 Å². The molecule has 48 valence electrons. The second kappa shape index (κ2) is 1.12. The van der Waals surface area contributed by atoms with Gasteiger partial charge in [-0.25, -0.2) is 0 Å². The van der Waals surface area contributed by atoms with Crippen molar-refractivity contribution in [2.24, 2.45) is 23.7 Å². The van der Waals surface area contributed by atoms with Crippen molar-refractivity contribution in [1.82, 2.24) is 0 Å². The molecule has 0 saturated heterocycles. The number of rotatable bonds is 1. The normalized spacial score (nSPS) is 58.1. The van der Waals surface area contributed by atoms with Crippen LogP contribution in [0.5, 0.6) is 0 Å². The predicted octanol–water partition coefficient (Wildman–Crippen LogP) is 2.22. The summed E-state index contributed by atoms with van der Waals surface area (Å²) in [5, 5.41) is 0. The van der Waals surface area contributed by atoms with E-state index in [2.05, 4.69) is 13.0 Å². The molecule has 3 aliphatic rings. The van der Waals surface area contributed by atoms with Crippen molar-refractivity contribution < 1.29 is 0 Å². The van der Waals surface area contributed by atoms with E-state index < -0.39 is 0 Å². The van der Waals surface area contributed by atoms with Gasteiger partial charge in [-0.15, -0.1) is 0 Å². The number of allylic oxidation sites excluding steroid dienone is 2. The Balaban J connectivity index is 1.89. The predicted molar refractivity (Wildman–Crippen MR) is 37.0 cm³/mol. The van der Waals surface area contributed by atoms with Crippen molar-refractivity contribution in [2.75, 3.05) is 0 Å². The maximum atomic E-state index is 2.56. The molecular weight excluding hydrogens is 108 g/mol. The number of hydrogen-bond acceptors (Lipinski definition) is 0. The molecule has 4 unspecified atom stereocenters. The Hall–Kier alpha value is -0.260. The van der Waals surface area contributed by atoms with E-state index in [1.165, 1.54) is 12.8 Å². The van der Waals surface area contributed by atoms with Crippen LogP contribution in [0.15, 0.2) is 11.6 Å². The van der Waals surface area contributed by atoms with Gasteiger partial charge in [-0.05, 0) is 30.1 Å². The van der Waals surface area contributed by atoms with Gasteiger partial charge in [0.25, 0.3) is 0 Å². The minimum absolute atomic E-state index is 1.06. The monoisotopic (exact) mass is 120 g/mol. The third kappa shape index (κ3) is 0.385. The molecule has 0 radical (unpaired) electrons. The van der Waals surface area contributed by atoms with Crippen LogP contribution < -0.4 is 0 Å². The summed E-state index contributed by atoms with van der Waals surface area (Å²) in [6.45, 7) is 2.33. The van der Waals surface area contributed by atoms with Crippen molar-refractivity contribution >= 4 is 0 Å². The summed E-state index contributed by atoms with van der Waals surface area (Å²) in [5.41, 5.74) is 1.80. The van der Waals surface area contributed by atoms with E-state index in [-0.39, 0.29) is 0 Å². The van der Waals surface area contributed by atoms with Crippen LogP contribution in [0.2, 0.25) is 0 Å². The highest BCUT2D eigenvalue weighted by Crippen LogP contribution is 2.69. The van der Waals surface area contributed by atoms with Crippen molar-refractivity contribution in [3.05, 3.63) is 11.6 Å². The van der Waals surface area contributed by atoms with Gasteiger partial charge in [-0.2, -0.15) is 0 Å². The molecule has 2 fully saturated rings. The molecule has 4 atom stereocenters. The van der Waals surface area contributed by atoms with Crippen molar-refractivity contribution in [1.29, 1.82) is 0 Å². The molecule has 0 aromatic carbocycles. The molecule has 0 nitrogen and oxygen atoms in total. The third-order valence-corrected chi connectivity index (χ3v) is 3.41. The third-order valence-electron chi connectivity index (χ3n) is 3.41. The number of hydrogen-bond donors (Lipinski definition) is 0. The van der Waals surface area contributed by atoms with Gasteiger partial charge in [0, 0.05) is 0 Å². The molecule has 0 amide bonds. The summed E-state index contributed by atoms with van der Waals surface area (Å²) in [7, 11) is 0. The maximum absolute atomic E-state index is 2.56. The summed E-state index contributed by atoms with van der Waals surface area (Å²) < 4.78 is 0. The van der Waals surface area contributed by atoms with Crippen LogP contribution in [0.25, 0.3) is 0 Å². The van der Waals surface area contributed by atoms with E-state index in [1.54, 1.807) is 5.57 Å². The Morgan fingerprint density at radius 3 is 3.11 bits per heavy atom. The minimum Gasteiger partial charge on any atom is -0.0813 e. The minimum atomic E-state index is 1.06. The summed E-state index contributed by atoms with van der Waals surface area (Å²) in [6, 6.07) is 0. The number of fused-ring (bicyclic) bond motifs is 3. The highest BCUT2D eigenvalue weighted by Gasteiger charge is 2.61. The van der Waals surface area contributed by atoms with Crippen LogP contribution in [0.3, 0.4) is 0 Å². The Kier molecular flexibility index (Phi) is 0.564. The Morgan fingerprint density at radius 2 is 2.56 bits per heavy atom. The fourth-order valence-electron chi connectivity index (χ4n) is 2.79. The average molecular weight is 120 g/mol. The smallest absolute Gasteiger partial charge is 0.0129 e. The van der Waals surface area contributed by atoms with Crippen molar-refractivity contribution in [3.8, 4) is 0 Å². The average Bonchev–Trinajstić information content (AvgIpc) is 2.72. The zero-order valence-electron chi connectivity index (χ0n) is 5.80. The molecule has 9 heavy (non-hydrogen) atoms. The fourth-order valence-corrected chi connectivity index (χ4v) is 2.79. The first-order chi connectivity index (χ1) is 4.42. The Labute approximate surface area is 56.0 Å². The molecule has 3 rings (SSSR count). The van der Waals surface area contributed by atoms with Crippen molar-refractivity contribution in [3.63, 3.8) is 0 Å². The van der Waals surface area contributed by atoms with Crippen LogP contribution >= 0.6 is 0 Å². The highest BCUT2D eigenvalue weighted by molar-refractivity contribution is 5.39. The Morgan fingerprint density at radius 1 is 1.67 bits per heavy atom. The topological polar surface area (TPSA) is 0 Å². The lowest BCUT2D eigenvalue weighted by atomic mass is 10.2. The summed E-state index contributed by atoms with van der Waals surface area (Å²) in [4.78, 5) is 0. The molecule has 0 aromatic heterocycles. The van der Waals surface area contributed by atoms with E-state index in [1.807, 2.05) is 0 Å². The quantitative estimate of drug-likeness (QED) is 0.465. The first kappa shape index (κ1) is 4.54.